The molecule has 3 nitrogen and oxygen atoms in total. The number of rotatable bonds is 9. The molecule has 0 saturated heterocycles. The van der Waals surface area contributed by atoms with Crippen LogP contribution >= 0.6 is 17.0 Å². The van der Waals surface area contributed by atoms with E-state index in [0.29, 0.717) is 5.56 Å². The van der Waals surface area contributed by atoms with Crippen molar-refractivity contribution in [3.63, 3.8) is 0 Å². The van der Waals surface area contributed by atoms with Gasteiger partial charge in [0.2, 0.25) is 0 Å². The van der Waals surface area contributed by atoms with Crippen LogP contribution in [0.5, 0.6) is 11.5 Å². The Morgan fingerprint density at radius 3 is 2.26 bits per heavy atom. The van der Waals surface area contributed by atoms with E-state index in [1.165, 1.54) is 12.8 Å². The molecular weight excluding hydrogens is 508 g/mol. The molecule has 31 heavy (non-hydrogen) atoms. The number of hydrogen-bond donors (Lipinski definition) is 1. The Morgan fingerprint density at radius 1 is 1.10 bits per heavy atom. The van der Waals surface area contributed by atoms with Crippen LogP contribution in [0.2, 0.25) is 0 Å². The van der Waals surface area contributed by atoms with Gasteiger partial charge in [0.1, 0.15) is 11.5 Å². The molecule has 2 rings (SSSR count). The first-order valence-electron chi connectivity index (χ1n) is 10.6. The summed E-state index contributed by atoms with van der Waals surface area (Å²) in [7, 11) is 11.5. The maximum atomic E-state index is 11.0. The van der Waals surface area contributed by atoms with E-state index in [-0.39, 0.29) is 17.2 Å². The molecule has 0 heterocycles. The van der Waals surface area contributed by atoms with Crippen LogP contribution in [0.15, 0.2) is 47.5 Å². The molecule has 2 aromatic carbocycles. The molecule has 2 aromatic rings. The molecule has 0 aliphatic heterocycles. The fourth-order valence-electron chi connectivity index (χ4n) is 3.44. The monoisotopic (exact) mass is 541 g/mol. The van der Waals surface area contributed by atoms with Crippen molar-refractivity contribution in [2.24, 2.45) is 10.9 Å². The molecular formula is C25H35Cl2NO2Zr. The van der Waals surface area contributed by atoms with Crippen LogP contribution in [0, 0.1) is 5.92 Å². The van der Waals surface area contributed by atoms with E-state index in [0.717, 1.165) is 29.2 Å². The Bertz CT molecular complexity index is 811. The van der Waals surface area contributed by atoms with Crippen LogP contribution in [-0.2, 0) is 26.3 Å². The van der Waals surface area contributed by atoms with Crippen molar-refractivity contribution in [1.29, 1.82) is 0 Å². The molecule has 0 aliphatic carbocycles. The van der Waals surface area contributed by atoms with E-state index in [9.17, 15) is 5.11 Å². The Kier molecular flexibility index (Phi) is 13.1. The van der Waals surface area contributed by atoms with Gasteiger partial charge < -0.3 is 9.84 Å². The normalized spacial score (nSPS) is 12.4. The average molecular weight is 544 g/mol. The van der Waals surface area contributed by atoms with E-state index < -0.39 is 20.8 Å². The summed E-state index contributed by atoms with van der Waals surface area (Å²) in [6, 6.07) is 14.2. The van der Waals surface area contributed by atoms with Crippen molar-refractivity contribution < 1.29 is 30.7 Å². The van der Waals surface area contributed by atoms with E-state index in [1.807, 2.05) is 30.3 Å². The molecule has 0 spiro atoms. The second kappa shape index (κ2) is 14.3. The van der Waals surface area contributed by atoms with Gasteiger partial charge in [-0.15, -0.1) is 0 Å². The van der Waals surface area contributed by atoms with Crippen LogP contribution < -0.4 is 4.74 Å². The second-order valence-electron chi connectivity index (χ2n) is 8.63. The van der Waals surface area contributed by atoms with E-state index in [1.54, 1.807) is 13.3 Å². The number of halogens is 2. The summed E-state index contributed by atoms with van der Waals surface area (Å²) >= 11 is -0.826. The third-order valence-corrected chi connectivity index (χ3v) is 5.39. The Morgan fingerprint density at radius 2 is 1.71 bits per heavy atom. The topological polar surface area (TPSA) is 41.8 Å². The summed E-state index contributed by atoms with van der Waals surface area (Å²) in [6.45, 7) is 10.9. The Hall–Kier alpha value is -0.827. The molecule has 1 N–H and O–H groups in total. The fraction of sp³-hybridized carbons (Fsp3) is 0.480. The minimum atomic E-state index is -0.826. The van der Waals surface area contributed by atoms with Gasteiger partial charge in [0, 0.05) is 28.8 Å². The standard InChI is InChI=1S/C25H35NO2.2ClH.Zr/c1-18(2)11-10-12-19(3)26-17-20-15-22(28-6)16-23(24(20)27)25(4,5)21-13-8-7-9-14-21;;;/h7-9,13-19,27H,10-12H2,1-6H3;2*1H;/q;;;+2/p-2. The Labute approximate surface area is 206 Å². The van der Waals surface area contributed by atoms with Crippen LogP contribution in [0.1, 0.15) is 70.6 Å². The van der Waals surface area contributed by atoms with Crippen molar-refractivity contribution in [1.82, 2.24) is 0 Å². The number of benzene rings is 2. The zero-order valence-electron chi connectivity index (χ0n) is 19.5. The number of aromatic hydroxyl groups is 1. The van der Waals surface area contributed by atoms with Gasteiger partial charge in [-0.25, -0.2) is 0 Å². The van der Waals surface area contributed by atoms with E-state index in [4.69, 9.17) is 21.8 Å². The van der Waals surface area contributed by atoms with Gasteiger partial charge >= 0.3 is 37.9 Å². The van der Waals surface area contributed by atoms with Crippen LogP contribution in [0.4, 0.5) is 0 Å². The number of methoxy groups -OCH3 is 1. The second-order valence-corrected chi connectivity index (χ2v) is 12.4. The van der Waals surface area contributed by atoms with Gasteiger partial charge in [-0.05, 0) is 37.0 Å². The first kappa shape index (κ1) is 28.2. The van der Waals surface area contributed by atoms with Crippen LogP contribution in [0.3, 0.4) is 0 Å². The number of ether oxygens (including phenoxy) is 1. The number of aliphatic imine (C=N–C) groups is 1. The minimum absolute atomic E-state index is 0.231. The van der Waals surface area contributed by atoms with Gasteiger partial charge in [0.15, 0.2) is 0 Å². The summed E-state index contributed by atoms with van der Waals surface area (Å²) in [6.07, 6.45) is 5.25. The van der Waals surface area contributed by atoms with Crippen molar-refractivity contribution >= 4 is 23.2 Å². The quantitative estimate of drug-likeness (QED) is 0.329. The molecule has 0 fully saturated rings. The van der Waals surface area contributed by atoms with Crippen molar-refractivity contribution in [3.8, 4) is 11.5 Å². The molecule has 6 heteroatoms. The maximum absolute atomic E-state index is 11.0. The molecule has 1 atom stereocenters. The summed E-state index contributed by atoms with van der Waals surface area (Å²) in [5, 5.41) is 11.0. The third-order valence-electron chi connectivity index (χ3n) is 5.39. The SMILES string of the molecule is COc1cc(C=NC(C)CCCC(C)C)c(O)c(C(C)(C)c2ccccc2)c1.[Cl][Zr][Cl]. The van der Waals surface area contributed by atoms with Crippen molar-refractivity contribution in [3.05, 3.63) is 59.2 Å². The molecule has 0 amide bonds. The summed E-state index contributed by atoms with van der Waals surface area (Å²) < 4.78 is 5.51. The Balaban J connectivity index is 0.00000151. The van der Waals surface area contributed by atoms with E-state index >= 15 is 0 Å². The van der Waals surface area contributed by atoms with Crippen LogP contribution in [0.25, 0.3) is 0 Å². The van der Waals surface area contributed by atoms with Gasteiger partial charge in [-0.1, -0.05) is 70.9 Å². The third kappa shape index (κ3) is 9.28. The van der Waals surface area contributed by atoms with E-state index in [2.05, 4.69) is 51.7 Å². The van der Waals surface area contributed by atoms with Gasteiger partial charge in [0.05, 0.1) is 7.11 Å². The van der Waals surface area contributed by atoms with Gasteiger partial charge in [-0.2, -0.15) is 0 Å². The average Bonchev–Trinajstić information content (AvgIpc) is 2.73. The molecule has 170 valence electrons. The molecule has 0 aliphatic rings. The molecule has 0 saturated carbocycles. The van der Waals surface area contributed by atoms with Crippen molar-refractivity contribution in [2.75, 3.05) is 7.11 Å². The summed E-state index contributed by atoms with van der Waals surface area (Å²) in [5.74, 6) is 1.72. The zero-order chi connectivity index (χ0) is 23.4. The summed E-state index contributed by atoms with van der Waals surface area (Å²) in [4.78, 5) is 4.68. The van der Waals surface area contributed by atoms with Crippen LogP contribution in [-0.4, -0.2) is 24.5 Å². The zero-order valence-corrected chi connectivity index (χ0v) is 23.4. The predicted molar refractivity (Wildman–Crippen MR) is 131 cm³/mol. The molecule has 0 radical (unpaired) electrons. The number of phenols is 1. The summed E-state index contributed by atoms with van der Waals surface area (Å²) in [5.41, 5.74) is 2.33. The number of nitrogens with zero attached hydrogens (tertiary/aromatic N) is 1. The van der Waals surface area contributed by atoms with Crippen molar-refractivity contribution in [2.45, 2.75) is 65.3 Å². The van der Waals surface area contributed by atoms with Gasteiger partial charge in [0.25, 0.3) is 0 Å². The molecule has 1 unspecified atom stereocenters. The fourth-order valence-corrected chi connectivity index (χ4v) is 3.44. The molecule has 0 bridgehead atoms. The predicted octanol–water partition coefficient (Wildman–Crippen LogP) is 7.74. The first-order valence-corrected chi connectivity index (χ1v) is 17.0. The first-order chi connectivity index (χ1) is 14.7. The number of hydrogen-bond acceptors (Lipinski definition) is 3. The molecule has 0 aromatic heterocycles. The van der Waals surface area contributed by atoms with Gasteiger partial charge in [-0.3, -0.25) is 4.99 Å². The number of phenolic OH excluding ortho intramolecular Hbond substituents is 1.